The van der Waals surface area contributed by atoms with Crippen molar-refractivity contribution in [3.63, 3.8) is 0 Å². The number of hydrogen-bond acceptors (Lipinski definition) is 7. The number of para-hydroxylation sites is 1. The van der Waals surface area contributed by atoms with Gasteiger partial charge in [0.25, 0.3) is 5.91 Å². The van der Waals surface area contributed by atoms with Crippen LogP contribution in [-0.2, 0) is 4.79 Å². The molecule has 0 saturated heterocycles. The Morgan fingerprint density at radius 2 is 2.11 bits per heavy atom. The van der Waals surface area contributed by atoms with Gasteiger partial charge >= 0.3 is 0 Å². The number of amides is 1. The van der Waals surface area contributed by atoms with Crippen LogP contribution >= 0.6 is 11.3 Å². The number of nitrogens with zero attached hydrogens (tertiary/aromatic N) is 4. The molecule has 138 valence electrons. The fourth-order valence-electron chi connectivity index (χ4n) is 3.63. The molecule has 1 saturated carbocycles. The number of carbonyl (C=O) groups excluding carboxylic acids is 1. The van der Waals surface area contributed by atoms with Gasteiger partial charge in [0, 0.05) is 12.1 Å². The average Bonchev–Trinajstić information content (AvgIpc) is 3.02. The number of fused-ring (bicyclic) bond motifs is 2. The molecule has 5 rings (SSSR count). The lowest BCUT2D eigenvalue weighted by molar-refractivity contribution is -0.133. The van der Waals surface area contributed by atoms with Crippen molar-refractivity contribution in [3.8, 4) is 5.75 Å². The number of aromatic nitrogens is 3. The molecule has 1 aliphatic heterocycles. The standard InChI is InChI=1S/C19H19N5O2S/c1-19(2)17(25)24(16-14(26-19)9-20-10-21-16)12-7-11(8-12)22-18-23-13-5-3-4-6-15(13)27-18/h3-6,9-12H,7-8H2,1-2H3,(H,22,23). The predicted octanol–water partition coefficient (Wildman–Crippen LogP) is 3.23. The third-order valence-corrected chi connectivity index (χ3v) is 6.05. The van der Waals surface area contributed by atoms with Crippen molar-refractivity contribution >= 4 is 38.4 Å². The topological polar surface area (TPSA) is 80.2 Å². The first-order valence-electron chi connectivity index (χ1n) is 8.96. The van der Waals surface area contributed by atoms with Gasteiger partial charge in [-0.25, -0.2) is 15.0 Å². The smallest absolute Gasteiger partial charge is 0.272 e. The SMILES string of the molecule is CC1(C)Oc2cncnc2N(C2CC(Nc3nc4ccccc4s3)C2)C1=O. The molecule has 1 amide bonds. The van der Waals surface area contributed by atoms with Gasteiger partial charge in [0.1, 0.15) is 6.33 Å². The van der Waals surface area contributed by atoms with Crippen LogP contribution in [0.15, 0.2) is 36.8 Å². The molecule has 2 aromatic heterocycles. The van der Waals surface area contributed by atoms with E-state index < -0.39 is 5.60 Å². The van der Waals surface area contributed by atoms with E-state index in [0.29, 0.717) is 17.6 Å². The lowest BCUT2D eigenvalue weighted by atomic mass is 9.84. The number of ether oxygens (including phenoxy) is 1. The molecule has 7 nitrogen and oxygen atoms in total. The quantitative estimate of drug-likeness (QED) is 0.750. The summed E-state index contributed by atoms with van der Waals surface area (Å²) in [6.45, 7) is 3.57. The Balaban J connectivity index is 1.33. The second-order valence-electron chi connectivity index (χ2n) is 7.45. The summed E-state index contributed by atoms with van der Waals surface area (Å²) >= 11 is 1.66. The first-order chi connectivity index (χ1) is 13.0. The Hall–Kier alpha value is -2.74. The highest BCUT2D eigenvalue weighted by Crippen LogP contribution is 2.41. The van der Waals surface area contributed by atoms with Crippen molar-refractivity contribution in [3.05, 3.63) is 36.8 Å². The van der Waals surface area contributed by atoms with Crippen LogP contribution in [0.1, 0.15) is 26.7 Å². The third-order valence-electron chi connectivity index (χ3n) is 5.09. The van der Waals surface area contributed by atoms with Crippen LogP contribution in [0, 0.1) is 0 Å². The summed E-state index contributed by atoms with van der Waals surface area (Å²) in [7, 11) is 0. The maximum atomic E-state index is 12.9. The lowest BCUT2D eigenvalue weighted by Crippen LogP contribution is -2.61. The van der Waals surface area contributed by atoms with Crippen LogP contribution in [0.4, 0.5) is 10.9 Å². The van der Waals surface area contributed by atoms with Gasteiger partial charge in [-0.15, -0.1) is 0 Å². The molecule has 1 aromatic carbocycles. The minimum atomic E-state index is -0.913. The molecule has 27 heavy (non-hydrogen) atoms. The summed E-state index contributed by atoms with van der Waals surface area (Å²) in [5.41, 5.74) is 0.0973. The van der Waals surface area contributed by atoms with E-state index in [1.807, 2.05) is 18.2 Å². The van der Waals surface area contributed by atoms with E-state index >= 15 is 0 Å². The molecule has 1 fully saturated rings. The third kappa shape index (κ3) is 2.71. The number of nitrogens with one attached hydrogen (secondary N) is 1. The van der Waals surface area contributed by atoms with Crippen molar-refractivity contribution in [1.29, 1.82) is 0 Å². The molecule has 0 unspecified atom stereocenters. The monoisotopic (exact) mass is 381 g/mol. The van der Waals surface area contributed by atoms with Gasteiger partial charge in [-0.3, -0.25) is 9.69 Å². The van der Waals surface area contributed by atoms with Gasteiger partial charge in [-0.05, 0) is 38.8 Å². The molecule has 3 aromatic rings. The van der Waals surface area contributed by atoms with Gasteiger partial charge in [0.15, 0.2) is 22.3 Å². The summed E-state index contributed by atoms with van der Waals surface area (Å²) < 4.78 is 6.97. The van der Waals surface area contributed by atoms with E-state index in [2.05, 4.69) is 26.3 Å². The number of thiazole rings is 1. The lowest BCUT2D eigenvalue weighted by Gasteiger charge is -2.47. The maximum absolute atomic E-state index is 12.9. The maximum Gasteiger partial charge on any atom is 0.272 e. The zero-order valence-electron chi connectivity index (χ0n) is 15.0. The molecule has 1 N–H and O–H groups in total. The van der Waals surface area contributed by atoms with Crippen LogP contribution in [0.3, 0.4) is 0 Å². The zero-order chi connectivity index (χ0) is 18.6. The van der Waals surface area contributed by atoms with E-state index in [1.54, 1.807) is 36.3 Å². The van der Waals surface area contributed by atoms with Crippen molar-refractivity contribution in [2.75, 3.05) is 10.2 Å². The van der Waals surface area contributed by atoms with Gasteiger partial charge in [-0.1, -0.05) is 23.5 Å². The number of anilines is 2. The summed E-state index contributed by atoms with van der Waals surface area (Å²) in [4.78, 5) is 27.7. The van der Waals surface area contributed by atoms with E-state index in [1.165, 1.54) is 11.0 Å². The van der Waals surface area contributed by atoms with Gasteiger partial charge in [-0.2, -0.15) is 0 Å². The largest absolute Gasteiger partial charge is 0.472 e. The fraction of sp³-hybridized carbons (Fsp3) is 0.368. The summed E-state index contributed by atoms with van der Waals surface area (Å²) in [6.07, 6.45) is 4.78. The summed E-state index contributed by atoms with van der Waals surface area (Å²) in [5.74, 6) is 1.07. The Morgan fingerprint density at radius 1 is 1.30 bits per heavy atom. The van der Waals surface area contributed by atoms with Crippen molar-refractivity contribution in [2.45, 2.75) is 44.4 Å². The predicted molar refractivity (Wildman–Crippen MR) is 104 cm³/mol. The summed E-state index contributed by atoms with van der Waals surface area (Å²) in [6, 6.07) is 8.50. The Morgan fingerprint density at radius 3 is 2.93 bits per heavy atom. The molecule has 1 aliphatic carbocycles. The Kier molecular flexibility index (Phi) is 3.58. The molecule has 0 bridgehead atoms. The van der Waals surface area contributed by atoms with E-state index in [4.69, 9.17) is 4.74 Å². The molecule has 2 aliphatic rings. The van der Waals surface area contributed by atoms with Crippen molar-refractivity contribution in [2.24, 2.45) is 0 Å². The average molecular weight is 381 g/mol. The highest BCUT2D eigenvalue weighted by molar-refractivity contribution is 7.22. The number of benzene rings is 1. The minimum absolute atomic E-state index is 0.0582. The number of hydrogen-bond donors (Lipinski definition) is 1. The first-order valence-corrected chi connectivity index (χ1v) is 9.78. The van der Waals surface area contributed by atoms with E-state index in [0.717, 1.165) is 23.5 Å². The molecular weight excluding hydrogens is 362 g/mol. The summed E-state index contributed by atoms with van der Waals surface area (Å²) in [5, 5.41) is 4.43. The zero-order valence-corrected chi connectivity index (χ0v) is 15.9. The van der Waals surface area contributed by atoms with Gasteiger partial charge in [0.05, 0.1) is 16.4 Å². The highest BCUT2D eigenvalue weighted by Gasteiger charge is 2.48. The molecule has 3 heterocycles. The number of rotatable bonds is 3. The molecule has 0 atom stereocenters. The molecular formula is C19H19N5O2S. The normalized spacial score (nSPS) is 23.5. The number of carbonyl (C=O) groups is 1. The Labute approximate surface area is 160 Å². The van der Waals surface area contributed by atoms with Crippen LogP contribution in [-0.4, -0.2) is 38.5 Å². The van der Waals surface area contributed by atoms with Crippen molar-refractivity contribution in [1.82, 2.24) is 15.0 Å². The molecule has 0 radical (unpaired) electrons. The second-order valence-corrected chi connectivity index (χ2v) is 8.48. The first kappa shape index (κ1) is 16.4. The second kappa shape index (κ2) is 5.88. The van der Waals surface area contributed by atoms with Crippen LogP contribution in [0.5, 0.6) is 5.75 Å². The molecule has 8 heteroatoms. The van der Waals surface area contributed by atoms with Crippen LogP contribution in [0.2, 0.25) is 0 Å². The minimum Gasteiger partial charge on any atom is -0.472 e. The van der Waals surface area contributed by atoms with Gasteiger partial charge < -0.3 is 10.1 Å². The highest BCUT2D eigenvalue weighted by atomic mass is 32.1. The van der Waals surface area contributed by atoms with Gasteiger partial charge in [0.2, 0.25) is 0 Å². The van der Waals surface area contributed by atoms with E-state index in [9.17, 15) is 4.79 Å². The van der Waals surface area contributed by atoms with Crippen LogP contribution < -0.4 is 15.0 Å². The Bertz CT molecular complexity index is 995. The molecule has 0 spiro atoms. The fourth-order valence-corrected chi connectivity index (χ4v) is 4.57. The van der Waals surface area contributed by atoms with E-state index in [-0.39, 0.29) is 11.9 Å². The van der Waals surface area contributed by atoms with Crippen molar-refractivity contribution < 1.29 is 9.53 Å². The van der Waals surface area contributed by atoms with Crippen LogP contribution in [0.25, 0.3) is 10.2 Å².